The van der Waals surface area contributed by atoms with Gasteiger partial charge in [-0.05, 0) is 55.3 Å². The Bertz CT molecular complexity index is 1210. The van der Waals surface area contributed by atoms with E-state index >= 15 is 0 Å². The second kappa shape index (κ2) is 11.5. The van der Waals surface area contributed by atoms with Gasteiger partial charge in [0.05, 0.1) is 10.6 Å². The number of esters is 1. The molecule has 0 atom stereocenters. The molecule has 7 nitrogen and oxygen atoms in total. The number of Topliss-reactive ketones (excluding diaryl/α,β-unsaturated/α-hetero) is 1. The lowest BCUT2D eigenvalue weighted by Gasteiger charge is -2.23. The van der Waals surface area contributed by atoms with Crippen LogP contribution in [0, 0.1) is 0 Å². The van der Waals surface area contributed by atoms with E-state index in [2.05, 4.69) is 0 Å². The third kappa shape index (κ3) is 6.23. The number of ketones is 1. The molecule has 0 radical (unpaired) electrons. The minimum atomic E-state index is -3.70. The van der Waals surface area contributed by atoms with Gasteiger partial charge in [-0.2, -0.15) is 0 Å². The smallest absolute Gasteiger partial charge is 0.344 e. The van der Waals surface area contributed by atoms with E-state index < -0.39 is 16.0 Å². The summed E-state index contributed by atoms with van der Waals surface area (Å²) in [5.74, 6) is -0.598. The number of sulfonamides is 1. The zero-order chi connectivity index (χ0) is 24.6. The van der Waals surface area contributed by atoms with E-state index in [9.17, 15) is 18.0 Å². The Morgan fingerprint density at radius 2 is 1.47 bits per heavy atom. The number of ether oxygens (including phenoxy) is 2. The summed E-state index contributed by atoms with van der Waals surface area (Å²) in [4.78, 5) is 24.3. The van der Waals surface area contributed by atoms with Crippen LogP contribution in [-0.2, 0) is 26.0 Å². The molecular formula is C26H27NO6S. The lowest BCUT2D eigenvalue weighted by molar-refractivity contribution is -0.144. The molecule has 0 aliphatic heterocycles. The standard InChI is InChI=1S/C26H27NO6S/c1-3-20-10-12-21(13-11-20)25(28)18-33-26(29)19-32-23-16-14-22(15-17-23)27(4-2)34(30,31)24-8-6-5-7-9-24/h5-17H,3-4,18-19H2,1-2H3. The Labute approximate surface area is 200 Å². The molecule has 0 aromatic heterocycles. The van der Waals surface area contributed by atoms with Crippen molar-refractivity contribution in [2.45, 2.75) is 25.2 Å². The van der Waals surface area contributed by atoms with Gasteiger partial charge in [0, 0.05) is 12.1 Å². The average Bonchev–Trinajstić information content (AvgIpc) is 2.87. The van der Waals surface area contributed by atoms with E-state index in [1.54, 1.807) is 73.7 Å². The van der Waals surface area contributed by atoms with E-state index in [0.29, 0.717) is 17.0 Å². The maximum atomic E-state index is 12.9. The SMILES string of the molecule is CCc1ccc(C(=O)COC(=O)COc2ccc(N(CC)S(=O)(=O)c3ccccc3)cc2)cc1. The van der Waals surface area contributed by atoms with Crippen molar-refractivity contribution < 1.29 is 27.5 Å². The van der Waals surface area contributed by atoms with Crippen molar-refractivity contribution >= 4 is 27.5 Å². The second-order valence-electron chi connectivity index (χ2n) is 7.40. The monoisotopic (exact) mass is 481 g/mol. The first-order chi connectivity index (χ1) is 16.3. The van der Waals surface area contributed by atoms with Crippen LogP contribution in [0.1, 0.15) is 29.8 Å². The van der Waals surface area contributed by atoms with E-state index in [1.165, 1.54) is 4.31 Å². The van der Waals surface area contributed by atoms with Gasteiger partial charge in [-0.1, -0.05) is 49.4 Å². The first-order valence-corrected chi connectivity index (χ1v) is 12.4. The maximum absolute atomic E-state index is 12.9. The van der Waals surface area contributed by atoms with Crippen molar-refractivity contribution in [3.63, 3.8) is 0 Å². The number of nitrogens with zero attached hydrogens (tertiary/aromatic N) is 1. The number of hydrogen-bond acceptors (Lipinski definition) is 6. The topological polar surface area (TPSA) is 90.0 Å². The molecule has 0 N–H and O–H groups in total. The molecule has 3 aromatic rings. The summed E-state index contributed by atoms with van der Waals surface area (Å²) < 4.78 is 37.6. The summed E-state index contributed by atoms with van der Waals surface area (Å²) in [5.41, 5.74) is 2.07. The number of anilines is 1. The fraction of sp³-hybridized carbons (Fsp3) is 0.231. The molecule has 3 aromatic carbocycles. The summed E-state index contributed by atoms with van der Waals surface area (Å²) in [6.45, 7) is 3.29. The van der Waals surface area contributed by atoms with Gasteiger partial charge in [-0.15, -0.1) is 0 Å². The molecule has 0 bridgehead atoms. The van der Waals surface area contributed by atoms with Gasteiger partial charge in [0.2, 0.25) is 0 Å². The van der Waals surface area contributed by atoms with Crippen molar-refractivity contribution in [1.82, 2.24) is 0 Å². The third-order valence-electron chi connectivity index (χ3n) is 5.15. The first kappa shape index (κ1) is 25.0. The largest absolute Gasteiger partial charge is 0.482 e. The Morgan fingerprint density at radius 1 is 0.824 bits per heavy atom. The summed E-state index contributed by atoms with van der Waals surface area (Å²) in [7, 11) is -3.70. The fourth-order valence-corrected chi connectivity index (χ4v) is 4.75. The van der Waals surface area contributed by atoms with Crippen molar-refractivity contribution in [1.29, 1.82) is 0 Å². The highest BCUT2D eigenvalue weighted by Gasteiger charge is 2.23. The van der Waals surface area contributed by atoms with Crippen LogP contribution in [0.25, 0.3) is 0 Å². The number of carbonyl (C=O) groups is 2. The molecule has 8 heteroatoms. The quantitative estimate of drug-likeness (QED) is 0.300. The van der Waals surface area contributed by atoms with Crippen molar-refractivity contribution in [3.05, 3.63) is 90.0 Å². The molecule has 34 heavy (non-hydrogen) atoms. The van der Waals surface area contributed by atoms with Gasteiger partial charge in [0.15, 0.2) is 19.0 Å². The zero-order valence-corrected chi connectivity index (χ0v) is 20.0. The number of benzene rings is 3. The molecule has 0 unspecified atom stereocenters. The van der Waals surface area contributed by atoms with E-state index in [4.69, 9.17) is 9.47 Å². The van der Waals surface area contributed by atoms with Crippen molar-refractivity contribution in [2.24, 2.45) is 0 Å². The van der Waals surface area contributed by atoms with E-state index in [0.717, 1.165) is 12.0 Å². The highest BCUT2D eigenvalue weighted by Crippen LogP contribution is 2.25. The summed E-state index contributed by atoms with van der Waals surface area (Å²) >= 11 is 0. The van der Waals surface area contributed by atoms with Gasteiger partial charge >= 0.3 is 5.97 Å². The summed E-state index contributed by atoms with van der Waals surface area (Å²) in [6, 6.07) is 21.7. The molecule has 0 fully saturated rings. The first-order valence-electron chi connectivity index (χ1n) is 10.9. The van der Waals surface area contributed by atoms with Gasteiger partial charge in [-0.25, -0.2) is 13.2 Å². The summed E-state index contributed by atoms with van der Waals surface area (Å²) in [6.07, 6.45) is 0.876. The number of rotatable bonds is 11. The molecule has 3 rings (SSSR count). The van der Waals surface area contributed by atoms with Crippen LogP contribution in [0.5, 0.6) is 5.75 Å². The fourth-order valence-electron chi connectivity index (χ4n) is 3.26. The number of hydrogen-bond donors (Lipinski definition) is 0. The van der Waals surface area contributed by atoms with E-state index in [1.807, 2.05) is 19.1 Å². The molecule has 0 saturated carbocycles. The maximum Gasteiger partial charge on any atom is 0.344 e. The molecular weight excluding hydrogens is 454 g/mol. The van der Waals surface area contributed by atoms with Gasteiger partial charge in [0.1, 0.15) is 5.75 Å². The molecule has 0 spiro atoms. The predicted molar refractivity (Wildman–Crippen MR) is 130 cm³/mol. The van der Waals surface area contributed by atoms with Gasteiger partial charge in [0.25, 0.3) is 10.0 Å². The van der Waals surface area contributed by atoms with Crippen LogP contribution in [-0.4, -0.2) is 39.9 Å². The minimum Gasteiger partial charge on any atom is -0.482 e. The minimum absolute atomic E-state index is 0.204. The molecule has 0 heterocycles. The van der Waals surface area contributed by atoms with Crippen LogP contribution < -0.4 is 9.04 Å². The molecule has 0 aliphatic rings. The van der Waals surface area contributed by atoms with Crippen LogP contribution >= 0.6 is 0 Å². The molecule has 178 valence electrons. The molecule has 0 aliphatic carbocycles. The number of carbonyl (C=O) groups excluding carboxylic acids is 2. The highest BCUT2D eigenvalue weighted by molar-refractivity contribution is 7.92. The lowest BCUT2D eigenvalue weighted by atomic mass is 10.1. The normalized spacial score (nSPS) is 11.0. The molecule has 0 amide bonds. The predicted octanol–water partition coefficient (Wildman–Crippen LogP) is 4.27. The number of aryl methyl sites for hydroxylation is 1. The van der Waals surface area contributed by atoms with Gasteiger partial charge < -0.3 is 9.47 Å². The second-order valence-corrected chi connectivity index (χ2v) is 9.26. The third-order valence-corrected chi connectivity index (χ3v) is 7.07. The van der Waals surface area contributed by atoms with Crippen LogP contribution in [0.4, 0.5) is 5.69 Å². The molecule has 0 saturated heterocycles. The Hall–Kier alpha value is -3.65. The summed E-state index contributed by atoms with van der Waals surface area (Å²) in [5, 5.41) is 0. The Morgan fingerprint density at radius 3 is 2.06 bits per heavy atom. The van der Waals surface area contributed by atoms with E-state index in [-0.39, 0.29) is 30.4 Å². The lowest BCUT2D eigenvalue weighted by Crippen LogP contribution is -2.30. The zero-order valence-electron chi connectivity index (χ0n) is 19.1. The Kier molecular flexibility index (Phi) is 8.43. The average molecular weight is 482 g/mol. The van der Waals surface area contributed by atoms with Crippen molar-refractivity contribution in [3.8, 4) is 5.75 Å². The van der Waals surface area contributed by atoms with Crippen LogP contribution in [0.15, 0.2) is 83.8 Å². The van der Waals surface area contributed by atoms with Gasteiger partial charge in [-0.3, -0.25) is 9.10 Å². The van der Waals surface area contributed by atoms with Crippen LogP contribution in [0.3, 0.4) is 0 Å². The van der Waals surface area contributed by atoms with Crippen LogP contribution in [0.2, 0.25) is 0 Å². The van der Waals surface area contributed by atoms with Crippen molar-refractivity contribution in [2.75, 3.05) is 24.1 Å². The highest BCUT2D eigenvalue weighted by atomic mass is 32.2. The Balaban J connectivity index is 1.53.